The van der Waals surface area contributed by atoms with Crippen LogP contribution in [0, 0.1) is 17.6 Å². The van der Waals surface area contributed by atoms with Gasteiger partial charge in [-0.2, -0.15) is 0 Å². The molecule has 0 bridgehead atoms. The monoisotopic (exact) mass is 306 g/mol. The molecule has 5 nitrogen and oxygen atoms in total. The van der Waals surface area contributed by atoms with E-state index in [0.29, 0.717) is 24.5 Å². The second kappa shape index (κ2) is 6.27. The molecule has 0 fully saturated rings. The van der Waals surface area contributed by atoms with Gasteiger partial charge in [0.15, 0.2) is 5.82 Å². The molecule has 1 aromatic rings. The Morgan fingerprint density at radius 3 is 2.45 bits per heavy atom. The normalized spacial score (nSPS) is 11.7. The molecule has 0 aliphatic heterocycles. The lowest BCUT2D eigenvalue weighted by Crippen LogP contribution is -2.28. The van der Waals surface area contributed by atoms with E-state index >= 15 is 0 Å². The number of hydrogen-bond acceptors (Lipinski definition) is 3. The maximum absolute atomic E-state index is 13.9. The Morgan fingerprint density at radius 2 is 1.95 bits per heavy atom. The van der Waals surface area contributed by atoms with Gasteiger partial charge in [-0.25, -0.2) is 22.3 Å². The molecule has 0 saturated heterocycles. The molecule has 112 valence electrons. The molecule has 1 rings (SSSR count). The van der Waals surface area contributed by atoms with Crippen LogP contribution in [0.3, 0.4) is 0 Å². The predicted octanol–water partition coefficient (Wildman–Crippen LogP) is 1.39. The van der Waals surface area contributed by atoms with Crippen molar-refractivity contribution in [3.05, 3.63) is 29.3 Å². The van der Waals surface area contributed by atoms with Gasteiger partial charge in [-0.15, -0.1) is 0 Å². The first-order valence-corrected chi connectivity index (χ1v) is 7.48. The van der Waals surface area contributed by atoms with Crippen molar-refractivity contribution >= 4 is 15.9 Å². The summed E-state index contributed by atoms with van der Waals surface area (Å²) >= 11 is 0. The van der Waals surface area contributed by atoms with Crippen molar-refractivity contribution < 1.29 is 22.0 Å². The predicted molar refractivity (Wildman–Crippen MR) is 69.5 cm³/mol. The van der Waals surface area contributed by atoms with Crippen LogP contribution in [0.25, 0.3) is 0 Å². The van der Waals surface area contributed by atoms with Crippen molar-refractivity contribution in [1.29, 1.82) is 0 Å². The Bertz CT molecular complexity index is 615. The zero-order valence-electron chi connectivity index (χ0n) is 11.1. The highest BCUT2D eigenvalue weighted by Gasteiger charge is 2.24. The SMILES string of the molecule is CC(C)CCNC(=O)c1c(F)ccc(S(N)(=O)=O)c1F. The second-order valence-electron chi connectivity index (χ2n) is 4.72. The van der Waals surface area contributed by atoms with E-state index in [1.54, 1.807) is 0 Å². The van der Waals surface area contributed by atoms with Crippen LogP contribution in [-0.2, 0) is 10.0 Å². The molecule has 20 heavy (non-hydrogen) atoms. The van der Waals surface area contributed by atoms with E-state index in [1.165, 1.54) is 0 Å². The minimum Gasteiger partial charge on any atom is -0.352 e. The van der Waals surface area contributed by atoms with Gasteiger partial charge < -0.3 is 5.32 Å². The van der Waals surface area contributed by atoms with Gasteiger partial charge in [-0.05, 0) is 24.5 Å². The summed E-state index contributed by atoms with van der Waals surface area (Å²) in [5.74, 6) is -3.32. The van der Waals surface area contributed by atoms with Crippen LogP contribution >= 0.6 is 0 Å². The third-order valence-electron chi connectivity index (χ3n) is 2.60. The lowest BCUT2D eigenvalue weighted by atomic mass is 10.1. The summed E-state index contributed by atoms with van der Waals surface area (Å²) in [6.45, 7) is 4.08. The van der Waals surface area contributed by atoms with E-state index in [2.05, 4.69) is 5.32 Å². The molecule has 8 heteroatoms. The first kappa shape index (κ1) is 16.5. The number of sulfonamides is 1. The smallest absolute Gasteiger partial charge is 0.257 e. The fraction of sp³-hybridized carbons (Fsp3) is 0.417. The summed E-state index contributed by atoms with van der Waals surface area (Å²) in [6, 6.07) is 1.38. The van der Waals surface area contributed by atoms with E-state index in [0.717, 1.165) is 0 Å². The standard InChI is InChI=1S/C12H16F2N2O3S/c1-7(2)5-6-16-12(17)10-8(13)3-4-9(11(10)14)20(15,18)19/h3-4,7H,5-6H2,1-2H3,(H,16,17)(H2,15,18,19). The van der Waals surface area contributed by atoms with Gasteiger partial charge in [0.05, 0.1) is 0 Å². The van der Waals surface area contributed by atoms with Crippen molar-refractivity contribution in [3.8, 4) is 0 Å². The summed E-state index contributed by atoms with van der Waals surface area (Å²) in [5.41, 5.74) is -0.944. The van der Waals surface area contributed by atoms with Crippen molar-refractivity contribution in [2.75, 3.05) is 6.54 Å². The average Bonchev–Trinajstić information content (AvgIpc) is 2.26. The minimum atomic E-state index is -4.36. The number of nitrogens with two attached hydrogens (primary N) is 1. The molecule has 1 amide bonds. The van der Waals surface area contributed by atoms with E-state index in [-0.39, 0.29) is 6.54 Å². The van der Waals surface area contributed by atoms with Gasteiger partial charge in [-0.1, -0.05) is 13.8 Å². The number of carbonyl (C=O) groups excluding carboxylic acids is 1. The Kier molecular flexibility index (Phi) is 5.18. The minimum absolute atomic E-state index is 0.231. The number of rotatable bonds is 5. The fourth-order valence-corrected chi connectivity index (χ4v) is 2.13. The highest BCUT2D eigenvalue weighted by molar-refractivity contribution is 7.89. The molecule has 3 N–H and O–H groups in total. The summed E-state index contributed by atoms with van der Waals surface area (Å²) in [6.07, 6.45) is 0.629. The van der Waals surface area contributed by atoms with Crippen molar-refractivity contribution in [1.82, 2.24) is 5.32 Å². The van der Waals surface area contributed by atoms with Crippen LogP contribution in [-0.4, -0.2) is 20.9 Å². The number of primary sulfonamides is 1. The first-order chi connectivity index (χ1) is 9.14. The number of halogens is 2. The number of amides is 1. The third kappa shape index (κ3) is 3.97. The van der Waals surface area contributed by atoms with Gasteiger partial charge in [0, 0.05) is 6.54 Å². The molecular formula is C12H16F2N2O3S. The molecule has 0 unspecified atom stereocenters. The van der Waals surface area contributed by atoms with Gasteiger partial charge in [0.1, 0.15) is 16.3 Å². The Balaban J connectivity index is 3.09. The van der Waals surface area contributed by atoms with E-state index in [1.807, 2.05) is 13.8 Å². The van der Waals surface area contributed by atoms with Crippen molar-refractivity contribution in [3.63, 3.8) is 0 Å². The van der Waals surface area contributed by atoms with E-state index < -0.39 is 38.0 Å². The zero-order valence-corrected chi connectivity index (χ0v) is 11.9. The highest BCUT2D eigenvalue weighted by Crippen LogP contribution is 2.20. The van der Waals surface area contributed by atoms with Crippen LogP contribution < -0.4 is 10.5 Å². The molecule has 0 saturated carbocycles. The Hall–Kier alpha value is -1.54. The third-order valence-corrected chi connectivity index (χ3v) is 3.52. The Labute approximate surface area is 116 Å². The average molecular weight is 306 g/mol. The molecule has 0 aliphatic rings. The second-order valence-corrected chi connectivity index (χ2v) is 6.25. The van der Waals surface area contributed by atoms with Gasteiger partial charge >= 0.3 is 0 Å². The number of carbonyl (C=O) groups is 1. The lowest BCUT2D eigenvalue weighted by molar-refractivity contribution is 0.0943. The topological polar surface area (TPSA) is 89.3 Å². The maximum atomic E-state index is 13.9. The Morgan fingerprint density at radius 1 is 1.35 bits per heavy atom. The van der Waals surface area contributed by atoms with E-state index in [4.69, 9.17) is 5.14 Å². The van der Waals surface area contributed by atoms with Gasteiger partial charge in [-0.3, -0.25) is 4.79 Å². The molecule has 0 aliphatic carbocycles. The number of benzene rings is 1. The summed E-state index contributed by atoms with van der Waals surface area (Å²) < 4.78 is 49.7. The van der Waals surface area contributed by atoms with Crippen LogP contribution in [0.4, 0.5) is 8.78 Å². The summed E-state index contributed by atoms with van der Waals surface area (Å²) in [7, 11) is -4.36. The molecule has 0 radical (unpaired) electrons. The largest absolute Gasteiger partial charge is 0.352 e. The molecular weight excluding hydrogens is 290 g/mol. The van der Waals surface area contributed by atoms with Crippen LogP contribution in [0.2, 0.25) is 0 Å². The van der Waals surface area contributed by atoms with Gasteiger partial charge in [0.2, 0.25) is 10.0 Å². The van der Waals surface area contributed by atoms with E-state index in [9.17, 15) is 22.0 Å². The highest BCUT2D eigenvalue weighted by atomic mass is 32.2. The molecule has 0 spiro atoms. The van der Waals surface area contributed by atoms with Gasteiger partial charge in [0.25, 0.3) is 5.91 Å². The molecule has 0 heterocycles. The van der Waals surface area contributed by atoms with Crippen LogP contribution in [0.15, 0.2) is 17.0 Å². The quantitative estimate of drug-likeness (QED) is 0.861. The lowest BCUT2D eigenvalue weighted by Gasteiger charge is -2.10. The zero-order chi connectivity index (χ0) is 15.5. The van der Waals surface area contributed by atoms with Crippen molar-refractivity contribution in [2.45, 2.75) is 25.2 Å². The summed E-state index contributed by atoms with van der Waals surface area (Å²) in [4.78, 5) is 10.8. The van der Waals surface area contributed by atoms with Crippen LogP contribution in [0.1, 0.15) is 30.6 Å². The molecule has 0 aromatic heterocycles. The number of hydrogen-bond donors (Lipinski definition) is 2. The maximum Gasteiger partial charge on any atom is 0.257 e. The molecule has 1 aromatic carbocycles. The van der Waals surface area contributed by atoms with Crippen molar-refractivity contribution in [2.24, 2.45) is 11.1 Å². The molecule has 0 atom stereocenters. The fourth-order valence-electron chi connectivity index (χ4n) is 1.52. The summed E-state index contributed by atoms with van der Waals surface area (Å²) in [5, 5.41) is 7.13. The van der Waals surface area contributed by atoms with Crippen LogP contribution in [0.5, 0.6) is 0 Å². The number of nitrogens with one attached hydrogen (secondary N) is 1. The first-order valence-electron chi connectivity index (χ1n) is 5.93.